The molecule has 0 aliphatic carbocycles. The number of nitrogens with zero attached hydrogens (tertiary/aromatic N) is 3. The number of aromatic nitrogens is 3. The van der Waals surface area contributed by atoms with Crippen LogP contribution in [-0.4, -0.2) is 14.8 Å². The molecule has 0 fully saturated rings. The number of pyridine rings is 1. The van der Waals surface area contributed by atoms with Gasteiger partial charge in [0.05, 0.1) is 22.4 Å². The maximum Gasteiger partial charge on any atom is 0.140 e. The van der Waals surface area contributed by atoms with Gasteiger partial charge in [-0.25, -0.2) is 4.68 Å². The third kappa shape index (κ3) is 3.01. The number of benzene rings is 1. The maximum absolute atomic E-state index is 4.53. The first kappa shape index (κ1) is 14.8. The van der Waals surface area contributed by atoms with Gasteiger partial charge in [0.25, 0.3) is 0 Å². The Morgan fingerprint density at radius 1 is 1.13 bits per heavy atom. The SMILES string of the molecule is Brc1cnn2c1NC(c1ccccn1)CC2Sc1ccccc1. The van der Waals surface area contributed by atoms with Gasteiger partial charge in [0.15, 0.2) is 0 Å². The molecule has 23 heavy (non-hydrogen) atoms. The van der Waals surface area contributed by atoms with Gasteiger partial charge < -0.3 is 5.32 Å². The molecule has 2 atom stereocenters. The second-order valence-electron chi connectivity index (χ2n) is 5.36. The molecule has 1 aromatic carbocycles. The normalized spacial score (nSPS) is 19.9. The summed E-state index contributed by atoms with van der Waals surface area (Å²) < 4.78 is 3.04. The van der Waals surface area contributed by atoms with Crippen LogP contribution in [0.3, 0.4) is 0 Å². The standard InChI is InChI=1S/C17H15BrN4S/c18-13-11-20-22-16(23-12-6-2-1-3-7-12)10-15(21-17(13)22)14-8-4-5-9-19-14/h1-9,11,15-16,21H,10H2. The van der Waals surface area contributed by atoms with Crippen LogP contribution < -0.4 is 5.32 Å². The zero-order valence-corrected chi connectivity index (χ0v) is 14.7. The second kappa shape index (κ2) is 6.37. The maximum atomic E-state index is 4.53. The minimum absolute atomic E-state index is 0.179. The summed E-state index contributed by atoms with van der Waals surface area (Å²) in [6.45, 7) is 0. The highest BCUT2D eigenvalue weighted by Crippen LogP contribution is 2.45. The molecule has 0 amide bonds. The van der Waals surface area contributed by atoms with E-state index in [9.17, 15) is 0 Å². The zero-order valence-electron chi connectivity index (χ0n) is 12.3. The van der Waals surface area contributed by atoms with Crippen LogP contribution in [0.2, 0.25) is 0 Å². The highest BCUT2D eigenvalue weighted by molar-refractivity contribution is 9.10. The van der Waals surface area contributed by atoms with Crippen LogP contribution in [0.15, 0.2) is 70.3 Å². The van der Waals surface area contributed by atoms with E-state index in [0.717, 1.165) is 22.4 Å². The molecule has 4 nitrogen and oxygen atoms in total. The molecule has 0 saturated heterocycles. The monoisotopic (exact) mass is 386 g/mol. The molecule has 6 heteroatoms. The molecule has 3 heterocycles. The number of nitrogens with one attached hydrogen (secondary N) is 1. The fraction of sp³-hybridized carbons (Fsp3) is 0.176. The fourth-order valence-electron chi connectivity index (χ4n) is 2.75. The van der Waals surface area contributed by atoms with Crippen molar-refractivity contribution in [3.8, 4) is 0 Å². The largest absolute Gasteiger partial charge is 0.361 e. The van der Waals surface area contributed by atoms with E-state index in [0.29, 0.717) is 0 Å². The Bertz CT molecular complexity index is 791. The summed E-state index contributed by atoms with van der Waals surface area (Å²) in [7, 11) is 0. The van der Waals surface area contributed by atoms with Crippen molar-refractivity contribution in [3.63, 3.8) is 0 Å². The average molecular weight is 387 g/mol. The molecule has 116 valence electrons. The van der Waals surface area contributed by atoms with Gasteiger partial charge in [-0.15, -0.1) is 0 Å². The summed E-state index contributed by atoms with van der Waals surface area (Å²) in [5.74, 6) is 1.01. The Kier molecular flexibility index (Phi) is 4.10. The van der Waals surface area contributed by atoms with Crippen molar-refractivity contribution in [3.05, 3.63) is 71.1 Å². The lowest BCUT2D eigenvalue weighted by Crippen LogP contribution is -2.26. The predicted octanol–water partition coefficient (Wildman–Crippen LogP) is 4.89. The molecule has 1 N–H and O–H groups in total. The molecule has 0 radical (unpaired) electrons. The van der Waals surface area contributed by atoms with E-state index in [1.807, 2.05) is 42.4 Å². The van der Waals surface area contributed by atoms with E-state index in [-0.39, 0.29) is 11.4 Å². The van der Waals surface area contributed by atoms with E-state index < -0.39 is 0 Å². The number of hydrogen-bond donors (Lipinski definition) is 1. The van der Waals surface area contributed by atoms with E-state index in [1.54, 1.807) is 0 Å². The molecule has 0 saturated carbocycles. The molecule has 4 rings (SSSR count). The van der Waals surface area contributed by atoms with Gasteiger partial charge in [0.2, 0.25) is 0 Å². The van der Waals surface area contributed by atoms with Crippen molar-refractivity contribution in [2.75, 3.05) is 5.32 Å². The first-order chi connectivity index (χ1) is 11.3. The summed E-state index contributed by atoms with van der Waals surface area (Å²) in [5.41, 5.74) is 1.06. The first-order valence-corrected chi connectivity index (χ1v) is 9.11. The molecule has 1 aliphatic rings. The zero-order chi connectivity index (χ0) is 15.6. The van der Waals surface area contributed by atoms with Crippen LogP contribution in [-0.2, 0) is 0 Å². The summed E-state index contributed by atoms with van der Waals surface area (Å²) >= 11 is 5.42. The predicted molar refractivity (Wildman–Crippen MR) is 96.5 cm³/mol. The van der Waals surface area contributed by atoms with Crippen LogP contribution in [0.5, 0.6) is 0 Å². The van der Waals surface area contributed by atoms with Crippen molar-refractivity contribution in [2.24, 2.45) is 0 Å². The molecular weight excluding hydrogens is 372 g/mol. The van der Waals surface area contributed by atoms with Gasteiger partial charge in [0, 0.05) is 17.5 Å². The van der Waals surface area contributed by atoms with Crippen LogP contribution >= 0.6 is 27.7 Å². The van der Waals surface area contributed by atoms with Gasteiger partial charge in [-0.3, -0.25) is 4.98 Å². The van der Waals surface area contributed by atoms with E-state index in [4.69, 9.17) is 0 Å². The molecule has 0 spiro atoms. The number of anilines is 1. The summed E-state index contributed by atoms with van der Waals surface area (Å²) in [5, 5.41) is 8.31. The topological polar surface area (TPSA) is 42.7 Å². The molecule has 1 aliphatic heterocycles. The lowest BCUT2D eigenvalue weighted by molar-refractivity contribution is 0.485. The summed E-state index contributed by atoms with van der Waals surface area (Å²) in [6, 6.07) is 16.7. The first-order valence-electron chi connectivity index (χ1n) is 7.43. The lowest BCUT2D eigenvalue weighted by Gasteiger charge is -2.31. The van der Waals surface area contributed by atoms with Gasteiger partial charge in [-0.2, -0.15) is 5.10 Å². The van der Waals surface area contributed by atoms with Crippen molar-refractivity contribution < 1.29 is 0 Å². The number of thioether (sulfide) groups is 1. The minimum atomic E-state index is 0.179. The Morgan fingerprint density at radius 3 is 2.74 bits per heavy atom. The van der Waals surface area contributed by atoms with Gasteiger partial charge in [0.1, 0.15) is 11.2 Å². The third-order valence-electron chi connectivity index (χ3n) is 3.83. The minimum Gasteiger partial charge on any atom is -0.361 e. The van der Waals surface area contributed by atoms with Crippen LogP contribution in [0.25, 0.3) is 0 Å². The number of rotatable bonds is 3. The van der Waals surface area contributed by atoms with E-state index in [2.05, 4.69) is 66.3 Å². The van der Waals surface area contributed by atoms with Gasteiger partial charge in [-0.05, 0) is 40.2 Å². The third-order valence-corrected chi connectivity index (χ3v) is 5.62. The number of fused-ring (bicyclic) bond motifs is 1. The highest BCUT2D eigenvalue weighted by Gasteiger charge is 2.30. The van der Waals surface area contributed by atoms with Crippen molar-refractivity contribution >= 4 is 33.5 Å². The molecule has 0 bridgehead atoms. The van der Waals surface area contributed by atoms with E-state index in [1.165, 1.54) is 4.90 Å². The van der Waals surface area contributed by atoms with Crippen molar-refractivity contribution in [2.45, 2.75) is 22.7 Å². The Morgan fingerprint density at radius 2 is 1.96 bits per heavy atom. The van der Waals surface area contributed by atoms with Crippen molar-refractivity contribution in [1.82, 2.24) is 14.8 Å². The highest BCUT2D eigenvalue weighted by atomic mass is 79.9. The van der Waals surface area contributed by atoms with Crippen LogP contribution in [0.1, 0.15) is 23.5 Å². The lowest BCUT2D eigenvalue weighted by atomic mass is 10.1. The van der Waals surface area contributed by atoms with Crippen molar-refractivity contribution in [1.29, 1.82) is 0 Å². The Labute approximate surface area is 147 Å². The molecule has 2 aromatic heterocycles. The average Bonchev–Trinajstić information content (AvgIpc) is 2.98. The Balaban J connectivity index is 1.67. The number of halogens is 1. The second-order valence-corrected chi connectivity index (χ2v) is 7.46. The summed E-state index contributed by atoms with van der Waals surface area (Å²) in [4.78, 5) is 5.76. The fourth-order valence-corrected chi connectivity index (χ4v) is 4.32. The summed E-state index contributed by atoms with van der Waals surface area (Å²) in [6.07, 6.45) is 4.62. The Hall–Kier alpha value is -1.79. The number of hydrogen-bond acceptors (Lipinski definition) is 4. The van der Waals surface area contributed by atoms with Crippen LogP contribution in [0, 0.1) is 0 Å². The van der Waals surface area contributed by atoms with E-state index >= 15 is 0 Å². The smallest absolute Gasteiger partial charge is 0.140 e. The van der Waals surface area contributed by atoms with Gasteiger partial charge >= 0.3 is 0 Å². The quantitative estimate of drug-likeness (QED) is 0.695. The molecule has 2 unspecified atom stereocenters. The molecular formula is C17H15BrN4S. The van der Waals surface area contributed by atoms with Crippen LogP contribution in [0.4, 0.5) is 5.82 Å². The molecule has 3 aromatic rings. The van der Waals surface area contributed by atoms with Gasteiger partial charge in [-0.1, -0.05) is 36.0 Å².